The number of carbonyl (C=O) groups is 1. The molecule has 2 unspecified atom stereocenters. The summed E-state index contributed by atoms with van der Waals surface area (Å²) >= 11 is 0. The van der Waals surface area contributed by atoms with Gasteiger partial charge in [0.2, 0.25) is 0 Å². The van der Waals surface area contributed by atoms with Gasteiger partial charge in [-0.05, 0) is 44.4 Å². The van der Waals surface area contributed by atoms with Gasteiger partial charge >= 0.3 is 5.97 Å². The number of ether oxygens (including phenoxy) is 1. The molecule has 2 atom stereocenters. The van der Waals surface area contributed by atoms with Gasteiger partial charge in [0.1, 0.15) is 6.10 Å². The largest absolute Gasteiger partial charge is 0.462 e. The van der Waals surface area contributed by atoms with E-state index in [1.54, 1.807) is 0 Å². The van der Waals surface area contributed by atoms with Crippen molar-refractivity contribution in [2.24, 2.45) is 10.8 Å². The molecular weight excluding hydrogens is 296 g/mol. The van der Waals surface area contributed by atoms with E-state index in [1.165, 1.54) is 19.3 Å². The van der Waals surface area contributed by atoms with Crippen LogP contribution in [0.15, 0.2) is 12.2 Å². The Kier molecular flexibility index (Phi) is 10.6. The Bertz CT molecular complexity index is 383. The summed E-state index contributed by atoms with van der Waals surface area (Å²) in [6, 6.07) is 0. The van der Waals surface area contributed by atoms with E-state index in [-0.39, 0.29) is 17.5 Å². The highest BCUT2D eigenvalue weighted by molar-refractivity contribution is 5.80. The van der Waals surface area contributed by atoms with Crippen molar-refractivity contribution in [2.75, 3.05) is 0 Å². The fourth-order valence-corrected chi connectivity index (χ4v) is 3.32. The summed E-state index contributed by atoms with van der Waals surface area (Å²) < 4.78 is 5.99. The van der Waals surface area contributed by atoms with E-state index >= 15 is 0 Å². The van der Waals surface area contributed by atoms with Crippen LogP contribution in [0.4, 0.5) is 0 Å². The minimum absolute atomic E-state index is 0.0457. The van der Waals surface area contributed by atoms with Gasteiger partial charge in [0.15, 0.2) is 0 Å². The van der Waals surface area contributed by atoms with E-state index in [1.807, 2.05) is 6.92 Å². The van der Waals surface area contributed by atoms with E-state index in [0.717, 1.165) is 44.1 Å². The first-order chi connectivity index (χ1) is 11.2. The maximum Gasteiger partial charge on any atom is 0.316 e. The topological polar surface area (TPSA) is 26.3 Å². The van der Waals surface area contributed by atoms with Gasteiger partial charge < -0.3 is 4.74 Å². The zero-order chi connectivity index (χ0) is 18.8. The van der Waals surface area contributed by atoms with E-state index in [9.17, 15) is 4.79 Å². The molecule has 0 bridgehead atoms. The molecule has 2 heteroatoms. The highest BCUT2D eigenvalue weighted by atomic mass is 16.5. The summed E-state index contributed by atoms with van der Waals surface area (Å²) in [5.74, 6) is -0.0543. The van der Waals surface area contributed by atoms with Crippen molar-refractivity contribution >= 4 is 5.97 Å². The third kappa shape index (κ3) is 6.99. The average Bonchev–Trinajstić information content (AvgIpc) is 2.54. The molecule has 24 heavy (non-hydrogen) atoms. The predicted octanol–water partition coefficient (Wildman–Crippen LogP) is 7.08. The molecule has 0 radical (unpaired) electrons. The minimum Gasteiger partial charge on any atom is -0.462 e. The Morgan fingerprint density at radius 2 is 1.67 bits per heavy atom. The van der Waals surface area contributed by atoms with Crippen LogP contribution in [0.2, 0.25) is 0 Å². The molecular formula is C22H42O2. The lowest BCUT2D eigenvalue weighted by molar-refractivity contribution is -0.162. The van der Waals surface area contributed by atoms with Gasteiger partial charge in [-0.3, -0.25) is 4.79 Å². The van der Waals surface area contributed by atoms with Crippen LogP contribution >= 0.6 is 0 Å². The van der Waals surface area contributed by atoms with Gasteiger partial charge in [0, 0.05) is 0 Å². The van der Waals surface area contributed by atoms with Crippen LogP contribution in [-0.2, 0) is 9.53 Å². The first-order valence-corrected chi connectivity index (χ1v) is 10.1. The highest BCUT2D eigenvalue weighted by Gasteiger charge is 2.43. The fourth-order valence-electron chi connectivity index (χ4n) is 3.32. The Hall–Kier alpha value is -0.790. The van der Waals surface area contributed by atoms with Crippen LogP contribution < -0.4 is 0 Å². The van der Waals surface area contributed by atoms with Crippen LogP contribution in [0.25, 0.3) is 0 Å². The first-order valence-electron chi connectivity index (χ1n) is 10.1. The Labute approximate surface area is 151 Å². The molecule has 0 N–H and O–H groups in total. The molecule has 0 spiro atoms. The third-order valence-electron chi connectivity index (χ3n) is 5.66. The lowest BCUT2D eigenvalue weighted by Crippen LogP contribution is -2.39. The lowest BCUT2D eigenvalue weighted by atomic mass is 9.67. The molecule has 0 aliphatic rings. The molecule has 142 valence electrons. The molecule has 0 heterocycles. The molecule has 0 aromatic carbocycles. The standard InChI is InChI=1S/C22H42O2/c1-9-13-14-15-16-19(10-2)24-20(23)22(12-4,18(5)6)17-21(7,8)11-3/h19H,5,9-17H2,1-4,6-8H3. The van der Waals surface area contributed by atoms with Crippen LogP contribution in [0.1, 0.15) is 106 Å². The van der Waals surface area contributed by atoms with Gasteiger partial charge in [0.05, 0.1) is 5.41 Å². The number of hydrogen-bond acceptors (Lipinski definition) is 2. The number of esters is 1. The molecule has 0 aromatic rings. The molecule has 0 amide bonds. The molecule has 0 aliphatic heterocycles. The second-order valence-corrected chi connectivity index (χ2v) is 8.20. The Balaban J connectivity index is 5.07. The summed E-state index contributed by atoms with van der Waals surface area (Å²) in [6.07, 6.45) is 9.41. The number of rotatable bonds is 13. The van der Waals surface area contributed by atoms with Gasteiger partial charge in [-0.2, -0.15) is 0 Å². The molecule has 0 rings (SSSR count). The second-order valence-electron chi connectivity index (χ2n) is 8.20. The summed E-state index contributed by atoms with van der Waals surface area (Å²) in [5.41, 5.74) is 0.505. The Morgan fingerprint density at radius 1 is 1.04 bits per heavy atom. The van der Waals surface area contributed by atoms with Crippen molar-refractivity contribution in [2.45, 2.75) is 112 Å². The van der Waals surface area contributed by atoms with Gasteiger partial charge in [-0.25, -0.2) is 0 Å². The molecule has 0 aliphatic carbocycles. The highest BCUT2D eigenvalue weighted by Crippen LogP contribution is 2.44. The quantitative estimate of drug-likeness (QED) is 0.204. The van der Waals surface area contributed by atoms with Crippen molar-refractivity contribution in [1.29, 1.82) is 0 Å². The normalized spacial score (nSPS) is 15.6. The van der Waals surface area contributed by atoms with Crippen LogP contribution in [-0.4, -0.2) is 12.1 Å². The minimum atomic E-state index is -0.545. The van der Waals surface area contributed by atoms with Crippen LogP contribution in [0, 0.1) is 10.8 Å². The van der Waals surface area contributed by atoms with E-state index in [0.29, 0.717) is 0 Å². The molecule has 0 saturated heterocycles. The van der Waals surface area contributed by atoms with E-state index in [4.69, 9.17) is 4.74 Å². The summed E-state index contributed by atoms with van der Waals surface area (Å²) in [6.45, 7) is 19.2. The SMILES string of the molecule is C=C(C)C(CC)(CC(C)(C)CC)C(=O)OC(CC)CCCCCC. The zero-order valence-corrected chi connectivity index (χ0v) is 17.5. The molecule has 0 fully saturated rings. The van der Waals surface area contributed by atoms with Crippen molar-refractivity contribution in [3.05, 3.63) is 12.2 Å². The predicted molar refractivity (Wildman–Crippen MR) is 105 cm³/mol. The van der Waals surface area contributed by atoms with Crippen molar-refractivity contribution in [3.63, 3.8) is 0 Å². The van der Waals surface area contributed by atoms with Gasteiger partial charge in [0.25, 0.3) is 0 Å². The molecule has 0 saturated carbocycles. The number of hydrogen-bond donors (Lipinski definition) is 0. The van der Waals surface area contributed by atoms with Crippen molar-refractivity contribution < 1.29 is 9.53 Å². The van der Waals surface area contributed by atoms with Crippen molar-refractivity contribution in [1.82, 2.24) is 0 Å². The number of carbonyl (C=O) groups excluding carboxylic acids is 1. The van der Waals surface area contributed by atoms with Crippen LogP contribution in [0.5, 0.6) is 0 Å². The second kappa shape index (κ2) is 10.9. The van der Waals surface area contributed by atoms with Gasteiger partial charge in [-0.1, -0.05) is 79.4 Å². The third-order valence-corrected chi connectivity index (χ3v) is 5.66. The fraction of sp³-hybridized carbons (Fsp3) is 0.864. The summed E-state index contributed by atoms with van der Waals surface area (Å²) in [4.78, 5) is 13.1. The van der Waals surface area contributed by atoms with Gasteiger partial charge in [-0.15, -0.1) is 0 Å². The average molecular weight is 339 g/mol. The maximum atomic E-state index is 13.1. The Morgan fingerprint density at radius 3 is 2.08 bits per heavy atom. The summed E-state index contributed by atoms with van der Waals surface area (Å²) in [7, 11) is 0. The smallest absolute Gasteiger partial charge is 0.316 e. The first kappa shape index (κ1) is 23.2. The summed E-state index contributed by atoms with van der Waals surface area (Å²) in [5, 5.41) is 0. The molecule has 2 nitrogen and oxygen atoms in total. The monoisotopic (exact) mass is 338 g/mol. The van der Waals surface area contributed by atoms with Crippen molar-refractivity contribution in [3.8, 4) is 0 Å². The zero-order valence-electron chi connectivity index (χ0n) is 17.5. The van der Waals surface area contributed by atoms with E-state index in [2.05, 4.69) is 48.1 Å². The number of unbranched alkanes of at least 4 members (excludes halogenated alkanes) is 3. The lowest BCUT2D eigenvalue weighted by Gasteiger charge is -2.39. The molecule has 0 aromatic heterocycles. The maximum absolute atomic E-state index is 13.1. The van der Waals surface area contributed by atoms with Crippen LogP contribution in [0.3, 0.4) is 0 Å². The van der Waals surface area contributed by atoms with E-state index < -0.39 is 5.41 Å².